The number of ether oxygens (including phenoxy) is 2. The standard InChI is InChI=1S/C10H16O5.C4H6O2/c1-4-5-10(3,7(2)11)9(14)15-6-8(12)13;1-3-6-4(2)5/h4,7,11H,1,5-6H2,2-3H3,(H,12,13);3H,1H2,2H3. The lowest BCUT2D eigenvalue weighted by molar-refractivity contribution is -0.167. The lowest BCUT2D eigenvalue weighted by Gasteiger charge is -2.28. The fourth-order valence-electron chi connectivity index (χ4n) is 1.13. The summed E-state index contributed by atoms with van der Waals surface area (Å²) >= 11 is 0. The second-order valence-electron chi connectivity index (χ2n) is 4.33. The summed E-state index contributed by atoms with van der Waals surface area (Å²) < 4.78 is 8.70. The van der Waals surface area contributed by atoms with Gasteiger partial charge in [-0.3, -0.25) is 9.59 Å². The van der Waals surface area contributed by atoms with Crippen LogP contribution in [0.3, 0.4) is 0 Å². The van der Waals surface area contributed by atoms with Crippen LogP contribution in [-0.4, -0.2) is 40.8 Å². The molecule has 120 valence electrons. The minimum Gasteiger partial charge on any atom is -0.479 e. The Bertz CT molecular complexity index is 387. The Morgan fingerprint density at radius 2 is 1.86 bits per heavy atom. The van der Waals surface area contributed by atoms with Crippen LogP contribution in [0.15, 0.2) is 25.5 Å². The van der Waals surface area contributed by atoms with E-state index in [2.05, 4.69) is 22.6 Å². The molecule has 2 atom stereocenters. The summed E-state index contributed by atoms with van der Waals surface area (Å²) in [5, 5.41) is 17.8. The lowest BCUT2D eigenvalue weighted by Crippen LogP contribution is -2.40. The van der Waals surface area contributed by atoms with Crippen molar-refractivity contribution in [3.05, 3.63) is 25.5 Å². The number of carbonyl (C=O) groups excluding carboxylic acids is 2. The molecule has 0 aromatic heterocycles. The summed E-state index contributed by atoms with van der Waals surface area (Å²) in [5.74, 6) is -2.29. The quantitative estimate of drug-likeness (QED) is 0.414. The maximum atomic E-state index is 11.5. The molecule has 0 aromatic carbocycles. The van der Waals surface area contributed by atoms with Crippen LogP contribution >= 0.6 is 0 Å². The highest BCUT2D eigenvalue weighted by atomic mass is 16.6. The predicted molar refractivity (Wildman–Crippen MR) is 75.2 cm³/mol. The minimum absolute atomic E-state index is 0.225. The van der Waals surface area contributed by atoms with Crippen molar-refractivity contribution in [1.82, 2.24) is 0 Å². The molecule has 0 spiro atoms. The van der Waals surface area contributed by atoms with Crippen LogP contribution in [0, 0.1) is 5.41 Å². The molecule has 0 amide bonds. The van der Waals surface area contributed by atoms with Gasteiger partial charge in [0.15, 0.2) is 6.61 Å². The topological polar surface area (TPSA) is 110 Å². The van der Waals surface area contributed by atoms with E-state index < -0.39 is 30.1 Å². The van der Waals surface area contributed by atoms with Crippen LogP contribution in [0.25, 0.3) is 0 Å². The van der Waals surface area contributed by atoms with Crippen LogP contribution < -0.4 is 0 Å². The summed E-state index contributed by atoms with van der Waals surface area (Å²) in [6.45, 7) is 10.2. The molecule has 0 saturated carbocycles. The first-order valence-electron chi connectivity index (χ1n) is 6.07. The largest absolute Gasteiger partial charge is 0.479 e. The van der Waals surface area contributed by atoms with Crippen LogP contribution in [-0.2, 0) is 23.9 Å². The Kier molecular flexibility index (Phi) is 10.7. The van der Waals surface area contributed by atoms with E-state index >= 15 is 0 Å². The van der Waals surface area contributed by atoms with Gasteiger partial charge in [0.25, 0.3) is 0 Å². The molecule has 0 aliphatic carbocycles. The number of carboxylic acid groups (broad SMARTS) is 1. The maximum Gasteiger partial charge on any atom is 0.341 e. The smallest absolute Gasteiger partial charge is 0.341 e. The highest BCUT2D eigenvalue weighted by Crippen LogP contribution is 2.28. The number of rotatable bonds is 7. The molecule has 0 aromatic rings. The number of carbonyl (C=O) groups is 3. The molecule has 0 radical (unpaired) electrons. The third kappa shape index (κ3) is 9.39. The lowest BCUT2D eigenvalue weighted by atomic mass is 9.82. The van der Waals surface area contributed by atoms with E-state index in [1.54, 1.807) is 0 Å². The second-order valence-corrected chi connectivity index (χ2v) is 4.33. The molecule has 7 heteroatoms. The van der Waals surface area contributed by atoms with E-state index in [-0.39, 0.29) is 12.4 Å². The fraction of sp³-hybridized carbons (Fsp3) is 0.500. The predicted octanol–water partition coefficient (Wildman–Crippen LogP) is 1.27. The third-order valence-corrected chi connectivity index (χ3v) is 2.53. The van der Waals surface area contributed by atoms with Crippen molar-refractivity contribution in [2.45, 2.75) is 33.3 Å². The molecular weight excluding hydrogens is 280 g/mol. The molecule has 7 nitrogen and oxygen atoms in total. The van der Waals surface area contributed by atoms with Crippen molar-refractivity contribution >= 4 is 17.9 Å². The van der Waals surface area contributed by atoms with Crippen molar-refractivity contribution < 1.29 is 34.1 Å². The summed E-state index contributed by atoms with van der Waals surface area (Å²) in [7, 11) is 0. The Balaban J connectivity index is 0. The molecule has 0 bridgehead atoms. The van der Waals surface area contributed by atoms with Gasteiger partial charge in [-0.15, -0.1) is 6.58 Å². The molecule has 0 rings (SSSR count). The Hall–Kier alpha value is -2.15. The number of hydrogen-bond acceptors (Lipinski definition) is 6. The number of hydrogen-bond donors (Lipinski definition) is 2. The summed E-state index contributed by atoms with van der Waals surface area (Å²) in [6, 6.07) is 0. The molecule has 0 saturated heterocycles. The number of esters is 2. The molecule has 0 aliphatic heterocycles. The number of allylic oxidation sites excluding steroid dienone is 1. The minimum atomic E-state index is -1.23. The average Bonchev–Trinajstić information content (AvgIpc) is 2.36. The van der Waals surface area contributed by atoms with Crippen molar-refractivity contribution in [3.63, 3.8) is 0 Å². The summed E-state index contributed by atoms with van der Waals surface area (Å²) in [6.07, 6.45) is 1.87. The van der Waals surface area contributed by atoms with Gasteiger partial charge in [0.05, 0.1) is 17.8 Å². The van der Waals surface area contributed by atoms with E-state index in [4.69, 9.17) is 5.11 Å². The van der Waals surface area contributed by atoms with Gasteiger partial charge < -0.3 is 19.7 Å². The van der Waals surface area contributed by atoms with Crippen molar-refractivity contribution in [3.8, 4) is 0 Å². The van der Waals surface area contributed by atoms with Gasteiger partial charge in [0.2, 0.25) is 0 Å². The average molecular weight is 302 g/mol. The summed E-state index contributed by atoms with van der Waals surface area (Å²) in [5.41, 5.74) is -1.14. The molecule has 0 fully saturated rings. The number of aliphatic hydroxyl groups is 1. The number of aliphatic carboxylic acids is 1. The molecule has 0 heterocycles. The Morgan fingerprint density at radius 3 is 2.10 bits per heavy atom. The van der Waals surface area contributed by atoms with Crippen LogP contribution in [0.5, 0.6) is 0 Å². The van der Waals surface area contributed by atoms with Gasteiger partial charge in [-0.25, -0.2) is 4.79 Å². The second kappa shape index (κ2) is 10.6. The third-order valence-electron chi connectivity index (χ3n) is 2.53. The fourth-order valence-corrected chi connectivity index (χ4v) is 1.13. The van der Waals surface area contributed by atoms with E-state index in [9.17, 15) is 19.5 Å². The highest BCUT2D eigenvalue weighted by Gasteiger charge is 2.38. The van der Waals surface area contributed by atoms with Gasteiger partial charge in [-0.1, -0.05) is 12.7 Å². The van der Waals surface area contributed by atoms with Crippen molar-refractivity contribution in [1.29, 1.82) is 0 Å². The van der Waals surface area contributed by atoms with E-state index in [1.807, 2.05) is 0 Å². The highest BCUT2D eigenvalue weighted by molar-refractivity contribution is 5.80. The first-order chi connectivity index (χ1) is 9.61. The van der Waals surface area contributed by atoms with Crippen LogP contribution in [0.4, 0.5) is 0 Å². The number of carboxylic acids is 1. The zero-order valence-corrected chi connectivity index (χ0v) is 12.5. The Morgan fingerprint density at radius 1 is 1.33 bits per heavy atom. The summed E-state index contributed by atoms with van der Waals surface area (Å²) in [4.78, 5) is 31.5. The van der Waals surface area contributed by atoms with Gasteiger partial charge in [0, 0.05) is 6.92 Å². The van der Waals surface area contributed by atoms with Gasteiger partial charge in [0.1, 0.15) is 0 Å². The van der Waals surface area contributed by atoms with Gasteiger partial charge in [-0.2, -0.15) is 0 Å². The maximum absolute atomic E-state index is 11.5. The zero-order valence-electron chi connectivity index (χ0n) is 12.5. The monoisotopic (exact) mass is 302 g/mol. The molecular formula is C14H22O7. The molecule has 2 N–H and O–H groups in total. The SMILES string of the molecule is C=CCC(C)(C(=O)OCC(=O)O)C(C)O.C=COC(C)=O. The zero-order chi connectivity index (χ0) is 17.1. The van der Waals surface area contributed by atoms with Crippen molar-refractivity contribution in [2.24, 2.45) is 5.41 Å². The Labute approximate surface area is 123 Å². The number of aliphatic hydroxyl groups excluding tert-OH is 1. The van der Waals surface area contributed by atoms with Gasteiger partial charge >= 0.3 is 17.9 Å². The molecule has 0 aliphatic rings. The van der Waals surface area contributed by atoms with E-state index in [0.717, 1.165) is 6.26 Å². The molecule has 2 unspecified atom stereocenters. The normalized spacial score (nSPS) is 13.5. The first kappa shape index (κ1) is 21.2. The van der Waals surface area contributed by atoms with Gasteiger partial charge in [-0.05, 0) is 20.3 Å². The van der Waals surface area contributed by atoms with Crippen LogP contribution in [0.2, 0.25) is 0 Å². The van der Waals surface area contributed by atoms with Crippen LogP contribution in [0.1, 0.15) is 27.2 Å². The first-order valence-corrected chi connectivity index (χ1v) is 6.07. The van der Waals surface area contributed by atoms with E-state index in [0.29, 0.717) is 0 Å². The molecule has 21 heavy (non-hydrogen) atoms. The van der Waals surface area contributed by atoms with E-state index in [1.165, 1.54) is 26.8 Å². The van der Waals surface area contributed by atoms with Crippen molar-refractivity contribution in [2.75, 3.05) is 6.61 Å².